The summed E-state index contributed by atoms with van der Waals surface area (Å²) in [6, 6.07) is -0.140. The van der Waals surface area contributed by atoms with Crippen molar-refractivity contribution < 1.29 is 23.0 Å². The summed E-state index contributed by atoms with van der Waals surface area (Å²) >= 11 is 0. The molecule has 1 N–H and O–H groups in total. The van der Waals surface area contributed by atoms with Crippen LogP contribution in [-0.4, -0.2) is 35.3 Å². The zero-order valence-electron chi connectivity index (χ0n) is 12.2. The van der Waals surface area contributed by atoms with Crippen LogP contribution >= 0.6 is 0 Å². The van der Waals surface area contributed by atoms with Gasteiger partial charge in [-0.3, -0.25) is 4.90 Å². The third-order valence-electron chi connectivity index (χ3n) is 3.67. The number of aliphatic hydroxyl groups is 1. The molecule has 0 radical (unpaired) electrons. The molecule has 21 heavy (non-hydrogen) atoms. The van der Waals surface area contributed by atoms with E-state index >= 15 is 0 Å². The molecule has 0 aromatic carbocycles. The molecule has 0 aromatic rings. The van der Waals surface area contributed by atoms with E-state index in [9.17, 15) is 18.3 Å². The maximum atomic E-state index is 13.1. The van der Waals surface area contributed by atoms with Gasteiger partial charge in [-0.25, -0.2) is 0 Å². The number of aliphatic hydroxyl groups excluding tert-OH is 1. The predicted octanol–water partition coefficient (Wildman–Crippen LogP) is 3.83. The van der Waals surface area contributed by atoms with E-state index in [-0.39, 0.29) is 17.4 Å². The highest BCUT2D eigenvalue weighted by atomic mass is 19.4. The van der Waals surface area contributed by atoms with Crippen LogP contribution in [0.25, 0.3) is 0 Å². The first kappa shape index (κ1) is 15.7. The van der Waals surface area contributed by atoms with E-state index in [1.54, 1.807) is 19.1 Å². The number of hydrogen-bond donors (Lipinski definition) is 1. The fourth-order valence-corrected chi connectivity index (χ4v) is 2.67. The molecule has 1 unspecified atom stereocenters. The molecule has 0 saturated carbocycles. The smallest absolute Gasteiger partial charge is 0.417 e. The highest BCUT2D eigenvalue weighted by molar-refractivity contribution is 5.57. The van der Waals surface area contributed by atoms with Crippen molar-refractivity contribution in [1.29, 1.82) is 0 Å². The molecule has 116 valence electrons. The molecule has 1 aliphatic heterocycles. The first-order valence-electron chi connectivity index (χ1n) is 6.83. The second kappa shape index (κ2) is 5.60. The first-order valence-corrected chi connectivity index (χ1v) is 6.83. The Morgan fingerprint density at radius 2 is 1.86 bits per heavy atom. The van der Waals surface area contributed by atoms with Crippen molar-refractivity contribution in [3.05, 3.63) is 46.7 Å². The first-order chi connectivity index (χ1) is 9.77. The molecule has 1 atom stereocenters. The zero-order chi connectivity index (χ0) is 15.8. The van der Waals surface area contributed by atoms with Gasteiger partial charge >= 0.3 is 6.18 Å². The summed E-state index contributed by atoms with van der Waals surface area (Å²) < 4.78 is 44.4. The van der Waals surface area contributed by atoms with Crippen molar-refractivity contribution in [3.63, 3.8) is 0 Å². The number of rotatable bonds is 3. The Labute approximate surface area is 121 Å². The van der Waals surface area contributed by atoms with Crippen molar-refractivity contribution in [2.24, 2.45) is 0 Å². The van der Waals surface area contributed by atoms with Crippen LogP contribution < -0.4 is 0 Å². The maximum absolute atomic E-state index is 13.1. The molecule has 2 aliphatic rings. The summed E-state index contributed by atoms with van der Waals surface area (Å²) in [6.45, 7) is 7.13. The van der Waals surface area contributed by atoms with Gasteiger partial charge in [0, 0.05) is 11.6 Å². The monoisotopic (exact) mass is 301 g/mol. The van der Waals surface area contributed by atoms with Crippen LogP contribution in [0.4, 0.5) is 13.2 Å². The van der Waals surface area contributed by atoms with Gasteiger partial charge in [0.05, 0.1) is 11.6 Å². The van der Waals surface area contributed by atoms with E-state index in [1.807, 2.05) is 13.8 Å². The summed E-state index contributed by atoms with van der Waals surface area (Å²) in [5.41, 5.74) is -0.367. The summed E-state index contributed by atoms with van der Waals surface area (Å²) in [6.07, 6.45) is -0.507. The average Bonchev–Trinajstić information content (AvgIpc) is 2.37. The third-order valence-corrected chi connectivity index (χ3v) is 3.67. The van der Waals surface area contributed by atoms with Gasteiger partial charge in [0.25, 0.3) is 5.95 Å². The molecule has 3 nitrogen and oxygen atoms in total. The standard InChI is InChI=1S/C15H18F3NO2/c1-4-19(5-2)10-6-9(3)14-11(15(16,17)18)8-13(20)21-12(14)7-10/h6-8,10,20H,4-5H2,1-3H3. The highest BCUT2D eigenvalue weighted by Crippen LogP contribution is 2.41. The Hall–Kier alpha value is -1.69. The summed E-state index contributed by atoms with van der Waals surface area (Å²) in [5.74, 6) is -0.662. The minimum Gasteiger partial charge on any atom is -0.481 e. The molecule has 0 bridgehead atoms. The topological polar surface area (TPSA) is 32.7 Å². The van der Waals surface area contributed by atoms with Crippen LogP contribution in [0.15, 0.2) is 46.7 Å². The van der Waals surface area contributed by atoms with E-state index < -0.39 is 17.7 Å². The van der Waals surface area contributed by atoms with E-state index in [0.717, 1.165) is 13.1 Å². The number of hydrogen-bond acceptors (Lipinski definition) is 3. The van der Waals surface area contributed by atoms with Crippen molar-refractivity contribution >= 4 is 0 Å². The van der Waals surface area contributed by atoms with E-state index in [0.29, 0.717) is 11.6 Å². The molecule has 6 heteroatoms. The van der Waals surface area contributed by atoms with E-state index in [2.05, 4.69) is 4.90 Å². The molecule has 0 saturated heterocycles. The lowest BCUT2D eigenvalue weighted by molar-refractivity contribution is -0.0906. The molecule has 2 rings (SSSR count). The average molecular weight is 301 g/mol. The number of likely N-dealkylation sites (N-methyl/N-ethyl adjacent to an activating group) is 1. The van der Waals surface area contributed by atoms with Gasteiger partial charge in [0.2, 0.25) is 0 Å². The Morgan fingerprint density at radius 1 is 1.24 bits per heavy atom. The van der Waals surface area contributed by atoms with Crippen LogP contribution in [-0.2, 0) is 4.74 Å². The molecule has 1 aliphatic carbocycles. The van der Waals surface area contributed by atoms with Gasteiger partial charge < -0.3 is 9.84 Å². The van der Waals surface area contributed by atoms with Gasteiger partial charge in [-0.15, -0.1) is 0 Å². The fraction of sp³-hybridized carbons (Fsp3) is 0.467. The summed E-state index contributed by atoms with van der Waals surface area (Å²) in [5, 5.41) is 9.44. The minimum atomic E-state index is -4.54. The van der Waals surface area contributed by atoms with Crippen molar-refractivity contribution in [2.75, 3.05) is 13.1 Å². The second-order valence-corrected chi connectivity index (χ2v) is 4.96. The van der Waals surface area contributed by atoms with Crippen molar-refractivity contribution in [3.8, 4) is 0 Å². The highest BCUT2D eigenvalue weighted by Gasteiger charge is 2.40. The Kier molecular flexibility index (Phi) is 4.18. The number of ether oxygens (including phenoxy) is 1. The maximum Gasteiger partial charge on any atom is 0.417 e. The number of halogens is 3. The molecule has 0 amide bonds. The predicted molar refractivity (Wildman–Crippen MR) is 73.4 cm³/mol. The largest absolute Gasteiger partial charge is 0.481 e. The lowest BCUT2D eigenvalue weighted by Gasteiger charge is -2.32. The lowest BCUT2D eigenvalue weighted by Crippen LogP contribution is -2.35. The Bertz CT molecular complexity index is 552. The van der Waals surface area contributed by atoms with E-state index in [1.165, 1.54) is 0 Å². The number of fused-ring (bicyclic) bond motifs is 1. The molecular weight excluding hydrogens is 283 g/mol. The number of nitrogens with zero attached hydrogens (tertiary/aromatic N) is 1. The SMILES string of the molecule is CCN(CC)C1C=C(C)C2=C(C(F)(F)F)C=C(O)OC2=C1. The molecule has 1 heterocycles. The van der Waals surface area contributed by atoms with E-state index in [4.69, 9.17) is 4.74 Å². The van der Waals surface area contributed by atoms with Gasteiger partial charge in [-0.05, 0) is 31.7 Å². The lowest BCUT2D eigenvalue weighted by atomic mass is 9.90. The van der Waals surface area contributed by atoms with Gasteiger partial charge in [-0.1, -0.05) is 19.9 Å². The molecular formula is C15H18F3NO2. The van der Waals surface area contributed by atoms with Gasteiger partial charge in [-0.2, -0.15) is 13.2 Å². The minimum absolute atomic E-state index is 0.00343. The molecule has 0 aromatic heterocycles. The zero-order valence-corrected chi connectivity index (χ0v) is 12.2. The van der Waals surface area contributed by atoms with Crippen LogP contribution in [0.5, 0.6) is 0 Å². The fourth-order valence-electron chi connectivity index (χ4n) is 2.67. The van der Waals surface area contributed by atoms with Crippen LogP contribution in [0.3, 0.4) is 0 Å². The third kappa shape index (κ3) is 3.00. The second-order valence-electron chi connectivity index (χ2n) is 4.96. The van der Waals surface area contributed by atoms with Crippen LogP contribution in [0, 0.1) is 0 Å². The molecule has 0 fully saturated rings. The normalized spacial score (nSPS) is 22.4. The van der Waals surface area contributed by atoms with Crippen molar-refractivity contribution in [2.45, 2.75) is 33.0 Å². The Balaban J connectivity index is 2.52. The van der Waals surface area contributed by atoms with Gasteiger partial charge in [0.1, 0.15) is 5.76 Å². The van der Waals surface area contributed by atoms with Crippen molar-refractivity contribution in [1.82, 2.24) is 4.90 Å². The Morgan fingerprint density at radius 3 is 2.38 bits per heavy atom. The number of alkyl halides is 3. The molecule has 0 spiro atoms. The van der Waals surface area contributed by atoms with Gasteiger partial charge in [0.15, 0.2) is 0 Å². The number of allylic oxidation sites excluding steroid dienone is 3. The van der Waals surface area contributed by atoms with Crippen LogP contribution in [0.1, 0.15) is 20.8 Å². The van der Waals surface area contributed by atoms with Crippen LogP contribution in [0.2, 0.25) is 0 Å². The quantitative estimate of drug-likeness (QED) is 0.860. The summed E-state index contributed by atoms with van der Waals surface area (Å²) in [7, 11) is 0. The summed E-state index contributed by atoms with van der Waals surface area (Å²) in [4.78, 5) is 2.08.